The van der Waals surface area contributed by atoms with E-state index in [4.69, 9.17) is 0 Å². The molecule has 0 atom stereocenters. The highest BCUT2D eigenvalue weighted by Crippen LogP contribution is 1.97. The molecule has 0 heterocycles. The van der Waals surface area contributed by atoms with Gasteiger partial charge in [0.1, 0.15) is 0 Å². The Morgan fingerprint density at radius 1 is 1.62 bits per heavy atom. The maximum absolute atomic E-state index is 10.0. The Kier molecular flexibility index (Phi) is 3.43. The van der Waals surface area contributed by atoms with Gasteiger partial charge < -0.3 is 0 Å². The summed E-state index contributed by atoms with van der Waals surface area (Å²) in [4.78, 5) is 0. The van der Waals surface area contributed by atoms with Crippen LogP contribution in [0, 0.1) is 0 Å². The largest absolute Gasteiger partial charge is 0.319 e. The van der Waals surface area contributed by atoms with Crippen molar-refractivity contribution in [2.24, 2.45) is 0 Å². The SMILES string of the molecule is CCCOS(=O)(=O)S. The van der Waals surface area contributed by atoms with E-state index in [9.17, 15) is 8.42 Å². The van der Waals surface area contributed by atoms with Crippen molar-refractivity contribution in [3.8, 4) is 0 Å². The van der Waals surface area contributed by atoms with Gasteiger partial charge in [-0.3, -0.25) is 4.18 Å². The summed E-state index contributed by atoms with van der Waals surface area (Å²) >= 11 is 3.14. The number of rotatable bonds is 3. The molecule has 0 aliphatic heterocycles. The minimum atomic E-state index is -3.49. The van der Waals surface area contributed by atoms with E-state index in [2.05, 4.69) is 15.8 Å². The second-order valence-corrected chi connectivity index (χ2v) is 3.68. The molecule has 8 heavy (non-hydrogen) atoms. The first-order chi connectivity index (χ1) is 3.56. The fourth-order valence-electron chi connectivity index (χ4n) is 0.189. The number of thiol groups is 1. The molecule has 0 aromatic heterocycles. The molecule has 0 rings (SSSR count). The summed E-state index contributed by atoms with van der Waals surface area (Å²) in [7, 11) is -3.49. The Morgan fingerprint density at radius 3 is 2.25 bits per heavy atom. The zero-order valence-corrected chi connectivity index (χ0v) is 6.21. The van der Waals surface area contributed by atoms with Crippen LogP contribution >= 0.6 is 11.7 Å². The third kappa shape index (κ3) is 6.26. The Hall–Kier alpha value is 0.260. The summed E-state index contributed by atoms with van der Waals surface area (Å²) in [5.41, 5.74) is 0. The van der Waals surface area contributed by atoms with Crippen molar-refractivity contribution in [3.63, 3.8) is 0 Å². The minimum Gasteiger partial charge on any atom is -0.262 e. The fourth-order valence-corrected chi connectivity index (χ4v) is 0.790. The Bertz CT molecular complexity index is 137. The lowest BCUT2D eigenvalue weighted by atomic mass is 10.5. The summed E-state index contributed by atoms with van der Waals surface area (Å²) < 4.78 is 24.3. The molecule has 0 saturated carbocycles. The molecule has 0 aliphatic carbocycles. The average molecular weight is 156 g/mol. The average Bonchev–Trinajstić information content (AvgIpc) is 1.59. The van der Waals surface area contributed by atoms with Crippen molar-refractivity contribution in [3.05, 3.63) is 0 Å². The van der Waals surface area contributed by atoms with Gasteiger partial charge in [-0.25, -0.2) is 0 Å². The first-order valence-electron chi connectivity index (χ1n) is 2.18. The lowest BCUT2D eigenvalue weighted by Gasteiger charge is -1.93. The minimum absolute atomic E-state index is 0.214. The fraction of sp³-hybridized carbons (Fsp3) is 1.00. The molecule has 0 bridgehead atoms. The zero-order chi connectivity index (χ0) is 6.62. The van der Waals surface area contributed by atoms with Crippen LogP contribution in [-0.2, 0) is 13.3 Å². The summed E-state index contributed by atoms with van der Waals surface area (Å²) in [5.74, 6) is 0. The second kappa shape index (κ2) is 3.32. The summed E-state index contributed by atoms with van der Waals surface area (Å²) in [6.07, 6.45) is 0.680. The van der Waals surface area contributed by atoms with Crippen LogP contribution in [0.15, 0.2) is 0 Å². The predicted molar refractivity (Wildman–Crippen MR) is 34.1 cm³/mol. The van der Waals surface area contributed by atoms with Crippen molar-refractivity contribution in [2.45, 2.75) is 13.3 Å². The van der Waals surface area contributed by atoms with Crippen LogP contribution in [0.4, 0.5) is 0 Å². The number of hydrogen-bond donors (Lipinski definition) is 1. The van der Waals surface area contributed by atoms with E-state index in [1.807, 2.05) is 6.92 Å². The normalized spacial score (nSPS) is 11.8. The van der Waals surface area contributed by atoms with Gasteiger partial charge in [-0.1, -0.05) is 6.92 Å². The summed E-state index contributed by atoms with van der Waals surface area (Å²) in [6.45, 7) is 2.03. The molecule has 0 aromatic rings. The molecule has 5 heteroatoms. The van der Waals surface area contributed by atoms with Crippen LogP contribution in [0.5, 0.6) is 0 Å². The maximum atomic E-state index is 10.0. The smallest absolute Gasteiger partial charge is 0.262 e. The van der Waals surface area contributed by atoms with Crippen molar-refractivity contribution in [2.75, 3.05) is 6.61 Å². The van der Waals surface area contributed by atoms with Crippen molar-refractivity contribution < 1.29 is 12.6 Å². The van der Waals surface area contributed by atoms with Gasteiger partial charge in [0.15, 0.2) is 0 Å². The molecule has 0 spiro atoms. The van der Waals surface area contributed by atoms with Crippen LogP contribution in [0.3, 0.4) is 0 Å². The summed E-state index contributed by atoms with van der Waals surface area (Å²) in [5, 5.41) is 0. The van der Waals surface area contributed by atoms with E-state index in [1.54, 1.807) is 0 Å². The molecule has 0 N–H and O–H groups in total. The van der Waals surface area contributed by atoms with Crippen LogP contribution < -0.4 is 0 Å². The zero-order valence-electron chi connectivity index (χ0n) is 4.49. The van der Waals surface area contributed by atoms with Crippen molar-refractivity contribution in [1.82, 2.24) is 0 Å². The van der Waals surface area contributed by atoms with Gasteiger partial charge in [-0.05, 0) is 18.1 Å². The highest BCUT2D eigenvalue weighted by Gasteiger charge is 1.98. The highest BCUT2D eigenvalue weighted by atomic mass is 33.1. The summed E-state index contributed by atoms with van der Waals surface area (Å²) in [6, 6.07) is 0. The number of hydrogen-bond acceptors (Lipinski definition) is 3. The van der Waals surface area contributed by atoms with E-state index < -0.39 is 9.15 Å². The standard InChI is InChI=1S/C3H8O3S2/c1-2-3-6-8(4,5)7/h2-3H2,1H3,(H,4,5,7). The molecule has 3 nitrogen and oxygen atoms in total. The van der Waals surface area contributed by atoms with Gasteiger partial charge in [0.25, 0.3) is 0 Å². The molecule has 0 unspecified atom stereocenters. The van der Waals surface area contributed by atoms with Gasteiger partial charge in [0.2, 0.25) is 0 Å². The molecule has 0 radical (unpaired) electrons. The molecule has 0 amide bonds. The monoisotopic (exact) mass is 156 g/mol. The third-order valence-corrected chi connectivity index (χ3v) is 1.22. The van der Waals surface area contributed by atoms with E-state index in [0.29, 0.717) is 6.42 Å². The van der Waals surface area contributed by atoms with Crippen LogP contribution in [0.1, 0.15) is 13.3 Å². The lowest BCUT2D eigenvalue weighted by molar-refractivity contribution is 0.329. The van der Waals surface area contributed by atoms with Crippen LogP contribution in [0.25, 0.3) is 0 Å². The van der Waals surface area contributed by atoms with E-state index in [1.165, 1.54) is 0 Å². The van der Waals surface area contributed by atoms with Gasteiger partial charge in [0, 0.05) is 0 Å². The topological polar surface area (TPSA) is 43.4 Å². The molecular weight excluding hydrogens is 148 g/mol. The first kappa shape index (κ1) is 8.26. The maximum Gasteiger partial charge on any atom is 0.319 e. The lowest BCUT2D eigenvalue weighted by Crippen LogP contribution is -1.97. The second-order valence-electron chi connectivity index (χ2n) is 1.25. The van der Waals surface area contributed by atoms with E-state index in [-0.39, 0.29) is 6.61 Å². The molecule has 0 saturated heterocycles. The van der Waals surface area contributed by atoms with E-state index >= 15 is 0 Å². The molecule has 50 valence electrons. The van der Waals surface area contributed by atoms with Crippen molar-refractivity contribution >= 4 is 20.8 Å². The molecular formula is C3H8O3S2. The molecule has 0 aliphatic rings. The van der Waals surface area contributed by atoms with Crippen molar-refractivity contribution in [1.29, 1.82) is 0 Å². The first-order valence-corrected chi connectivity index (χ1v) is 4.64. The van der Waals surface area contributed by atoms with Gasteiger partial charge in [-0.2, -0.15) is 8.42 Å². The Balaban J connectivity index is 3.42. The third-order valence-electron chi connectivity index (χ3n) is 0.436. The van der Waals surface area contributed by atoms with E-state index in [0.717, 1.165) is 0 Å². The Labute approximate surface area is 54.0 Å². The van der Waals surface area contributed by atoms with Crippen LogP contribution in [-0.4, -0.2) is 15.0 Å². The quantitative estimate of drug-likeness (QED) is 0.480. The Morgan fingerprint density at radius 2 is 2.12 bits per heavy atom. The van der Waals surface area contributed by atoms with Gasteiger partial charge >= 0.3 is 9.15 Å². The van der Waals surface area contributed by atoms with Gasteiger partial charge in [-0.15, -0.1) is 0 Å². The predicted octanol–water partition coefficient (Wildman–Crippen LogP) is 0.588. The van der Waals surface area contributed by atoms with Crippen LogP contribution in [0.2, 0.25) is 0 Å². The van der Waals surface area contributed by atoms with Gasteiger partial charge in [0.05, 0.1) is 6.61 Å². The molecule has 0 aromatic carbocycles. The highest BCUT2D eigenvalue weighted by molar-refractivity contribution is 8.61. The molecule has 0 fully saturated rings.